The van der Waals surface area contributed by atoms with Crippen LogP contribution in [0.5, 0.6) is 0 Å². The smallest absolute Gasteiger partial charge is 0.341 e. The monoisotopic (exact) mass is 518 g/mol. The number of carbonyl (C=O) groups is 1. The number of nitrogens with zero attached hydrogens (tertiary/aromatic N) is 4. The van der Waals surface area contributed by atoms with Crippen molar-refractivity contribution in [3.05, 3.63) is 53.6 Å². The molecule has 4 aliphatic rings. The molecule has 2 saturated carbocycles. The number of hydrazine groups is 2. The Hall–Kier alpha value is -3.00. The number of piperidine rings is 1. The minimum atomic E-state index is -0.325. The number of anilines is 1. The molecule has 3 heterocycles. The number of ether oxygens (including phenoxy) is 1. The standard InChI is InChI=1S/C30H42N6O2/c1-34-20-28(32-33-34)25-17-26(25)29-27(30(37)38-2)18-31-36(29)24-12-6-11-23(16-24)35-15-7-10-22(19-35)14-13-21-8-4-3-5-9-21/h6,11-12,16,18,20-22,25-26,32-33H,3-5,7-10,13-15,17,19H2,1-2H3/t22-,25-,26-/m1/s1. The first-order valence-electron chi connectivity index (χ1n) is 14.6. The van der Waals surface area contributed by atoms with Gasteiger partial charge in [-0.05, 0) is 55.7 Å². The molecule has 2 aliphatic carbocycles. The van der Waals surface area contributed by atoms with Crippen molar-refractivity contribution in [2.24, 2.45) is 17.8 Å². The average molecular weight is 519 g/mol. The lowest BCUT2D eigenvalue weighted by atomic mass is 9.82. The van der Waals surface area contributed by atoms with Gasteiger partial charge in [0.1, 0.15) is 5.56 Å². The SMILES string of the molecule is COC(=O)c1cnn(-c2cccc(N3CCC[C@H](CCC4CCCCC4)C3)c2)c1[C@@H]1C[C@H]1C1=CN(C)NN1. The van der Waals surface area contributed by atoms with Crippen molar-refractivity contribution in [2.75, 3.05) is 32.1 Å². The predicted molar refractivity (Wildman–Crippen MR) is 149 cm³/mol. The topological polar surface area (TPSA) is 74.7 Å². The van der Waals surface area contributed by atoms with E-state index in [9.17, 15) is 4.79 Å². The molecule has 38 heavy (non-hydrogen) atoms. The highest BCUT2D eigenvalue weighted by molar-refractivity contribution is 5.91. The molecule has 8 heteroatoms. The van der Waals surface area contributed by atoms with Gasteiger partial charge in [0, 0.05) is 49.6 Å². The Labute approximate surface area is 226 Å². The third-order valence-electron chi connectivity index (χ3n) is 9.13. The van der Waals surface area contributed by atoms with E-state index < -0.39 is 0 Å². The van der Waals surface area contributed by atoms with Crippen LogP contribution in [-0.4, -0.2) is 48.0 Å². The van der Waals surface area contributed by atoms with Gasteiger partial charge in [0.15, 0.2) is 0 Å². The molecule has 0 spiro atoms. The first kappa shape index (κ1) is 25.3. The number of hydrogen-bond donors (Lipinski definition) is 2. The predicted octanol–water partition coefficient (Wildman–Crippen LogP) is 5.14. The number of carbonyl (C=O) groups excluding carboxylic acids is 1. The molecule has 1 saturated heterocycles. The Morgan fingerprint density at radius 1 is 1.05 bits per heavy atom. The van der Waals surface area contributed by atoms with E-state index in [1.54, 1.807) is 6.20 Å². The highest BCUT2D eigenvalue weighted by Gasteiger charge is 2.46. The van der Waals surface area contributed by atoms with Crippen LogP contribution in [0.15, 0.2) is 42.4 Å². The van der Waals surface area contributed by atoms with E-state index in [-0.39, 0.29) is 11.9 Å². The van der Waals surface area contributed by atoms with Crippen LogP contribution in [0.3, 0.4) is 0 Å². The van der Waals surface area contributed by atoms with Gasteiger partial charge in [0.05, 0.1) is 24.7 Å². The molecule has 6 rings (SSSR count). The maximum absolute atomic E-state index is 12.7. The normalized spacial score (nSPS) is 25.7. The maximum atomic E-state index is 12.7. The fraction of sp³-hybridized carbons (Fsp3) is 0.600. The summed E-state index contributed by atoms with van der Waals surface area (Å²) in [5, 5.41) is 6.62. The van der Waals surface area contributed by atoms with Crippen LogP contribution in [-0.2, 0) is 4.74 Å². The van der Waals surface area contributed by atoms with Crippen molar-refractivity contribution in [3.63, 3.8) is 0 Å². The minimum absolute atomic E-state index is 0.210. The number of esters is 1. The summed E-state index contributed by atoms with van der Waals surface area (Å²) in [4.78, 5) is 15.2. The van der Waals surface area contributed by atoms with Crippen LogP contribution in [0.25, 0.3) is 5.69 Å². The third kappa shape index (κ3) is 5.28. The minimum Gasteiger partial charge on any atom is -0.465 e. The molecule has 0 unspecified atom stereocenters. The summed E-state index contributed by atoms with van der Waals surface area (Å²) in [6.45, 7) is 2.24. The maximum Gasteiger partial charge on any atom is 0.341 e. The lowest BCUT2D eigenvalue weighted by Gasteiger charge is -2.35. The number of rotatable bonds is 8. The van der Waals surface area contributed by atoms with E-state index in [0.717, 1.165) is 48.4 Å². The molecule has 8 nitrogen and oxygen atoms in total. The lowest BCUT2D eigenvalue weighted by molar-refractivity contribution is 0.0599. The van der Waals surface area contributed by atoms with Gasteiger partial charge in [-0.25, -0.2) is 9.48 Å². The number of nitrogens with one attached hydrogen (secondary N) is 2. The van der Waals surface area contributed by atoms with E-state index in [1.165, 1.54) is 70.6 Å². The summed E-state index contributed by atoms with van der Waals surface area (Å²) in [6.07, 6.45) is 17.3. The number of hydrogen-bond acceptors (Lipinski definition) is 7. The summed E-state index contributed by atoms with van der Waals surface area (Å²) in [5.74, 6) is 1.95. The summed E-state index contributed by atoms with van der Waals surface area (Å²) in [7, 11) is 3.41. The van der Waals surface area contributed by atoms with Crippen molar-refractivity contribution in [2.45, 2.75) is 70.1 Å². The Morgan fingerprint density at radius 3 is 2.63 bits per heavy atom. The number of aromatic nitrogens is 2. The van der Waals surface area contributed by atoms with E-state index in [4.69, 9.17) is 9.84 Å². The Morgan fingerprint density at radius 2 is 1.84 bits per heavy atom. The second-order valence-corrected chi connectivity index (χ2v) is 11.8. The van der Waals surface area contributed by atoms with Crippen molar-refractivity contribution in [1.82, 2.24) is 25.7 Å². The van der Waals surface area contributed by atoms with Crippen LogP contribution in [0.2, 0.25) is 0 Å². The highest BCUT2D eigenvalue weighted by Crippen LogP contribution is 2.52. The van der Waals surface area contributed by atoms with Crippen molar-refractivity contribution >= 4 is 11.7 Å². The molecule has 2 aromatic rings. The fourth-order valence-corrected chi connectivity index (χ4v) is 6.95. The van der Waals surface area contributed by atoms with Gasteiger partial charge in [0.2, 0.25) is 0 Å². The lowest BCUT2D eigenvalue weighted by Crippen LogP contribution is -2.35. The molecule has 3 fully saturated rings. The summed E-state index contributed by atoms with van der Waals surface area (Å²) >= 11 is 0. The number of methoxy groups -OCH3 is 1. The van der Waals surface area contributed by atoms with Gasteiger partial charge in [-0.1, -0.05) is 44.6 Å². The largest absolute Gasteiger partial charge is 0.465 e. The van der Waals surface area contributed by atoms with Crippen LogP contribution in [0.4, 0.5) is 5.69 Å². The van der Waals surface area contributed by atoms with Gasteiger partial charge in [-0.15, -0.1) is 5.53 Å². The highest BCUT2D eigenvalue weighted by atomic mass is 16.5. The van der Waals surface area contributed by atoms with Crippen LogP contribution in [0.1, 0.15) is 86.2 Å². The second-order valence-electron chi connectivity index (χ2n) is 11.8. The molecule has 1 aromatic heterocycles. The summed E-state index contributed by atoms with van der Waals surface area (Å²) in [6, 6.07) is 8.71. The molecule has 3 atom stereocenters. The van der Waals surface area contributed by atoms with Crippen LogP contribution in [0, 0.1) is 17.8 Å². The summed E-state index contributed by atoms with van der Waals surface area (Å²) in [5.41, 5.74) is 11.3. The van der Waals surface area contributed by atoms with Crippen LogP contribution < -0.4 is 15.9 Å². The first-order chi connectivity index (χ1) is 18.6. The van der Waals surface area contributed by atoms with Crippen molar-refractivity contribution < 1.29 is 9.53 Å². The molecule has 0 radical (unpaired) electrons. The first-order valence-corrected chi connectivity index (χ1v) is 14.6. The molecular formula is C30H42N6O2. The second kappa shape index (κ2) is 11.0. The van der Waals surface area contributed by atoms with Gasteiger partial charge in [-0.2, -0.15) is 5.10 Å². The average Bonchev–Trinajstić information content (AvgIpc) is 3.41. The van der Waals surface area contributed by atoms with Crippen molar-refractivity contribution in [1.29, 1.82) is 0 Å². The zero-order valence-corrected chi connectivity index (χ0v) is 22.9. The van der Waals surface area contributed by atoms with Crippen LogP contribution >= 0.6 is 0 Å². The van der Waals surface area contributed by atoms with E-state index in [2.05, 4.69) is 46.3 Å². The molecule has 0 amide bonds. The molecule has 2 N–H and O–H groups in total. The molecule has 204 valence electrons. The Kier molecular flexibility index (Phi) is 7.32. The third-order valence-corrected chi connectivity index (χ3v) is 9.13. The van der Waals surface area contributed by atoms with Gasteiger partial charge < -0.3 is 15.1 Å². The zero-order chi connectivity index (χ0) is 26.1. The van der Waals surface area contributed by atoms with E-state index >= 15 is 0 Å². The molecule has 2 aliphatic heterocycles. The summed E-state index contributed by atoms with van der Waals surface area (Å²) < 4.78 is 7.10. The van der Waals surface area contributed by atoms with E-state index in [0.29, 0.717) is 11.5 Å². The Balaban J connectivity index is 1.20. The number of benzene rings is 1. The fourth-order valence-electron chi connectivity index (χ4n) is 6.95. The number of allylic oxidation sites excluding steroid dienone is 1. The van der Waals surface area contributed by atoms with Gasteiger partial charge >= 0.3 is 5.97 Å². The van der Waals surface area contributed by atoms with Gasteiger partial charge in [-0.3, -0.25) is 5.01 Å². The molecule has 0 bridgehead atoms. The molecular weight excluding hydrogens is 476 g/mol. The zero-order valence-electron chi connectivity index (χ0n) is 22.9. The van der Waals surface area contributed by atoms with Crippen molar-refractivity contribution in [3.8, 4) is 5.69 Å². The Bertz CT molecular complexity index is 1170. The van der Waals surface area contributed by atoms with E-state index in [1.807, 2.05) is 16.7 Å². The quantitative estimate of drug-likeness (QED) is 0.469. The molecule has 1 aromatic carbocycles. The van der Waals surface area contributed by atoms with Gasteiger partial charge in [0.25, 0.3) is 0 Å².